The Morgan fingerprint density at radius 1 is 1.17 bits per heavy atom. The lowest BCUT2D eigenvalue weighted by Gasteiger charge is -2.30. The summed E-state index contributed by atoms with van der Waals surface area (Å²) in [5.41, 5.74) is 1.56. The molecule has 0 radical (unpaired) electrons. The second-order valence-electron chi connectivity index (χ2n) is 5.59. The molecule has 1 fully saturated rings. The molecule has 120 valence electrons. The molecule has 1 amide bonds. The zero-order chi connectivity index (χ0) is 16.2. The fourth-order valence-electron chi connectivity index (χ4n) is 2.85. The molecule has 0 bridgehead atoms. The van der Waals surface area contributed by atoms with Crippen molar-refractivity contribution < 1.29 is 14.3 Å². The lowest BCUT2D eigenvalue weighted by atomic mass is 9.96. The van der Waals surface area contributed by atoms with Gasteiger partial charge in [0, 0.05) is 31.0 Å². The van der Waals surface area contributed by atoms with E-state index in [2.05, 4.69) is 5.10 Å². The van der Waals surface area contributed by atoms with E-state index in [1.165, 1.54) is 7.11 Å². The van der Waals surface area contributed by atoms with Crippen molar-refractivity contribution >= 4 is 11.9 Å². The van der Waals surface area contributed by atoms with E-state index in [9.17, 15) is 9.59 Å². The van der Waals surface area contributed by atoms with Gasteiger partial charge < -0.3 is 9.64 Å². The third kappa shape index (κ3) is 3.26. The van der Waals surface area contributed by atoms with Crippen LogP contribution in [0.25, 0.3) is 5.69 Å². The SMILES string of the molecule is COC(=O)C1CCN(C(=O)c2ccc(-n3cccn3)cc2)CC1. The number of benzene rings is 1. The van der Waals surface area contributed by atoms with E-state index in [-0.39, 0.29) is 17.8 Å². The van der Waals surface area contributed by atoms with Crippen LogP contribution in [0.4, 0.5) is 0 Å². The minimum absolute atomic E-state index is 0.000307. The Kier molecular flexibility index (Phi) is 4.41. The number of hydrogen-bond donors (Lipinski definition) is 0. The first-order valence-corrected chi connectivity index (χ1v) is 7.66. The van der Waals surface area contributed by atoms with Crippen LogP contribution >= 0.6 is 0 Å². The van der Waals surface area contributed by atoms with Crippen LogP contribution in [0.5, 0.6) is 0 Å². The molecule has 1 saturated heterocycles. The Hall–Kier alpha value is -2.63. The van der Waals surface area contributed by atoms with Gasteiger partial charge in [0.15, 0.2) is 0 Å². The number of carbonyl (C=O) groups is 2. The zero-order valence-corrected chi connectivity index (χ0v) is 13.0. The van der Waals surface area contributed by atoms with Crippen molar-refractivity contribution in [3.05, 3.63) is 48.3 Å². The van der Waals surface area contributed by atoms with Crippen LogP contribution in [-0.4, -0.2) is 46.8 Å². The number of esters is 1. The molecule has 0 aliphatic carbocycles. The molecule has 6 nitrogen and oxygen atoms in total. The molecule has 0 N–H and O–H groups in total. The topological polar surface area (TPSA) is 64.4 Å². The third-order valence-corrected chi connectivity index (χ3v) is 4.20. The summed E-state index contributed by atoms with van der Waals surface area (Å²) in [6.45, 7) is 1.17. The van der Waals surface area contributed by atoms with Gasteiger partial charge in [0.1, 0.15) is 0 Å². The summed E-state index contributed by atoms with van der Waals surface area (Å²) >= 11 is 0. The molecule has 6 heteroatoms. The van der Waals surface area contributed by atoms with Crippen molar-refractivity contribution in [3.8, 4) is 5.69 Å². The van der Waals surface area contributed by atoms with Gasteiger partial charge in [0.2, 0.25) is 0 Å². The van der Waals surface area contributed by atoms with Gasteiger partial charge in [0.25, 0.3) is 5.91 Å². The van der Waals surface area contributed by atoms with Crippen LogP contribution in [0.2, 0.25) is 0 Å². The number of piperidine rings is 1. The summed E-state index contributed by atoms with van der Waals surface area (Å²) in [5.74, 6) is -0.271. The summed E-state index contributed by atoms with van der Waals surface area (Å²) in [6.07, 6.45) is 4.88. The van der Waals surface area contributed by atoms with Crippen molar-refractivity contribution in [2.75, 3.05) is 20.2 Å². The number of hydrogen-bond acceptors (Lipinski definition) is 4. The quantitative estimate of drug-likeness (QED) is 0.812. The minimum atomic E-state index is -0.180. The Morgan fingerprint density at radius 2 is 1.87 bits per heavy atom. The Bertz CT molecular complexity index is 672. The van der Waals surface area contributed by atoms with Gasteiger partial charge in [-0.05, 0) is 43.2 Å². The van der Waals surface area contributed by atoms with Gasteiger partial charge in [-0.2, -0.15) is 5.10 Å². The van der Waals surface area contributed by atoms with Crippen molar-refractivity contribution in [2.45, 2.75) is 12.8 Å². The van der Waals surface area contributed by atoms with Gasteiger partial charge >= 0.3 is 5.97 Å². The number of likely N-dealkylation sites (tertiary alicyclic amines) is 1. The maximum absolute atomic E-state index is 12.5. The van der Waals surface area contributed by atoms with E-state index in [0.29, 0.717) is 31.5 Å². The van der Waals surface area contributed by atoms with E-state index >= 15 is 0 Å². The molecule has 3 rings (SSSR count). The first-order valence-electron chi connectivity index (χ1n) is 7.66. The zero-order valence-electron chi connectivity index (χ0n) is 13.0. The van der Waals surface area contributed by atoms with Crippen molar-refractivity contribution in [2.24, 2.45) is 5.92 Å². The average molecular weight is 313 g/mol. The summed E-state index contributed by atoms with van der Waals surface area (Å²) in [4.78, 5) is 25.9. The largest absolute Gasteiger partial charge is 0.469 e. The van der Waals surface area contributed by atoms with E-state index in [4.69, 9.17) is 4.74 Å². The Morgan fingerprint density at radius 3 is 2.43 bits per heavy atom. The summed E-state index contributed by atoms with van der Waals surface area (Å²) < 4.78 is 6.51. The average Bonchev–Trinajstić information content (AvgIpc) is 3.15. The van der Waals surface area contributed by atoms with Crippen LogP contribution in [0.15, 0.2) is 42.7 Å². The second-order valence-corrected chi connectivity index (χ2v) is 5.59. The molecule has 23 heavy (non-hydrogen) atoms. The highest BCUT2D eigenvalue weighted by Crippen LogP contribution is 2.20. The van der Waals surface area contributed by atoms with Gasteiger partial charge in [-0.3, -0.25) is 9.59 Å². The molecule has 1 aliphatic rings. The van der Waals surface area contributed by atoms with Crippen LogP contribution in [0, 0.1) is 5.92 Å². The predicted octanol–water partition coefficient (Wildman–Crippen LogP) is 1.90. The van der Waals surface area contributed by atoms with Crippen molar-refractivity contribution in [1.29, 1.82) is 0 Å². The molecule has 2 aromatic rings. The summed E-state index contributed by atoms with van der Waals surface area (Å²) in [7, 11) is 1.40. The standard InChI is InChI=1S/C17H19N3O3/c1-23-17(22)14-7-11-19(12-8-14)16(21)13-3-5-15(6-4-13)20-10-2-9-18-20/h2-6,9-10,14H,7-8,11-12H2,1H3. The molecule has 0 saturated carbocycles. The monoisotopic (exact) mass is 313 g/mol. The molecular weight excluding hydrogens is 294 g/mol. The molecule has 1 aliphatic heterocycles. The Balaban J connectivity index is 1.64. The van der Waals surface area contributed by atoms with Crippen molar-refractivity contribution in [1.82, 2.24) is 14.7 Å². The Labute approximate surface area is 134 Å². The maximum Gasteiger partial charge on any atom is 0.308 e. The fraction of sp³-hybridized carbons (Fsp3) is 0.353. The van der Waals surface area contributed by atoms with E-state index < -0.39 is 0 Å². The third-order valence-electron chi connectivity index (χ3n) is 4.20. The second kappa shape index (κ2) is 6.64. The molecule has 1 aromatic heterocycles. The van der Waals surface area contributed by atoms with E-state index in [1.807, 2.05) is 36.5 Å². The molecule has 2 heterocycles. The summed E-state index contributed by atoms with van der Waals surface area (Å²) in [5, 5.41) is 4.16. The highest BCUT2D eigenvalue weighted by atomic mass is 16.5. The summed E-state index contributed by atoms with van der Waals surface area (Å²) in [6, 6.07) is 9.23. The highest BCUT2D eigenvalue weighted by molar-refractivity contribution is 5.94. The first-order chi connectivity index (χ1) is 11.2. The molecular formula is C17H19N3O3. The fourth-order valence-corrected chi connectivity index (χ4v) is 2.85. The first kappa shape index (κ1) is 15.3. The van der Waals surface area contributed by atoms with E-state index in [0.717, 1.165) is 5.69 Å². The van der Waals surface area contributed by atoms with Gasteiger partial charge in [-0.1, -0.05) is 0 Å². The van der Waals surface area contributed by atoms with Crippen molar-refractivity contribution in [3.63, 3.8) is 0 Å². The van der Waals surface area contributed by atoms with Gasteiger partial charge in [-0.15, -0.1) is 0 Å². The molecule has 0 spiro atoms. The maximum atomic E-state index is 12.5. The number of aromatic nitrogens is 2. The number of amides is 1. The number of rotatable bonds is 3. The normalized spacial score (nSPS) is 15.4. The highest BCUT2D eigenvalue weighted by Gasteiger charge is 2.28. The van der Waals surface area contributed by atoms with Crippen LogP contribution in [0.1, 0.15) is 23.2 Å². The van der Waals surface area contributed by atoms with Crippen LogP contribution < -0.4 is 0 Å². The number of carbonyl (C=O) groups excluding carboxylic acids is 2. The molecule has 0 atom stereocenters. The molecule has 1 aromatic carbocycles. The smallest absolute Gasteiger partial charge is 0.308 e. The van der Waals surface area contributed by atoms with Crippen LogP contribution in [0.3, 0.4) is 0 Å². The van der Waals surface area contributed by atoms with Gasteiger partial charge in [-0.25, -0.2) is 4.68 Å². The number of ether oxygens (including phenoxy) is 1. The van der Waals surface area contributed by atoms with Gasteiger partial charge in [0.05, 0.1) is 18.7 Å². The lowest BCUT2D eigenvalue weighted by molar-refractivity contribution is -0.146. The number of nitrogens with zero attached hydrogens (tertiary/aromatic N) is 3. The predicted molar refractivity (Wildman–Crippen MR) is 84.2 cm³/mol. The minimum Gasteiger partial charge on any atom is -0.469 e. The number of methoxy groups -OCH3 is 1. The molecule has 0 unspecified atom stereocenters. The lowest BCUT2D eigenvalue weighted by Crippen LogP contribution is -2.40. The van der Waals surface area contributed by atoms with E-state index in [1.54, 1.807) is 15.8 Å². The van der Waals surface area contributed by atoms with Crippen LogP contribution in [-0.2, 0) is 9.53 Å².